The molecule has 0 unspecified atom stereocenters. The third kappa shape index (κ3) is 3.63. The molecule has 0 radical (unpaired) electrons. The zero-order valence-corrected chi connectivity index (χ0v) is 16.4. The van der Waals surface area contributed by atoms with Gasteiger partial charge < -0.3 is 9.80 Å². The normalized spacial score (nSPS) is 17.4. The number of fused-ring (bicyclic) bond motifs is 2. The molecule has 0 saturated carbocycles. The van der Waals surface area contributed by atoms with Crippen molar-refractivity contribution in [3.63, 3.8) is 0 Å². The molecule has 0 N–H and O–H groups in total. The molecule has 0 bridgehead atoms. The monoisotopic (exact) mass is 388 g/mol. The summed E-state index contributed by atoms with van der Waals surface area (Å²) in [4.78, 5) is 47.2. The molecule has 2 aliphatic rings. The molecule has 0 aliphatic carbocycles. The maximum absolute atomic E-state index is 12.8. The number of carbonyl (C=O) groups is 2. The van der Waals surface area contributed by atoms with E-state index < -0.39 is 0 Å². The molecule has 144 valence electrons. The van der Waals surface area contributed by atoms with Crippen LogP contribution < -0.4 is 5.56 Å². The molecule has 0 atom stereocenters. The van der Waals surface area contributed by atoms with Crippen molar-refractivity contribution >= 4 is 33.4 Å². The minimum absolute atomic E-state index is 0.00111. The van der Waals surface area contributed by atoms with Crippen LogP contribution in [0.5, 0.6) is 0 Å². The molecule has 4 rings (SSSR count). The van der Waals surface area contributed by atoms with Gasteiger partial charge in [-0.3, -0.25) is 19.0 Å². The number of hydrogen-bond acceptors (Lipinski definition) is 5. The molecule has 8 heteroatoms. The topological polar surface area (TPSA) is 75.5 Å². The van der Waals surface area contributed by atoms with Crippen molar-refractivity contribution in [3.8, 4) is 0 Å². The molecule has 1 saturated heterocycles. The Hall–Kier alpha value is -2.22. The molecule has 0 spiro atoms. The van der Waals surface area contributed by atoms with Gasteiger partial charge in [0.25, 0.3) is 5.56 Å². The lowest BCUT2D eigenvalue weighted by Crippen LogP contribution is -2.35. The second-order valence-corrected chi connectivity index (χ2v) is 8.51. The van der Waals surface area contributed by atoms with Crippen LogP contribution in [0.25, 0.3) is 10.2 Å². The van der Waals surface area contributed by atoms with Gasteiger partial charge >= 0.3 is 0 Å². The predicted octanol–water partition coefficient (Wildman–Crippen LogP) is 1.55. The Kier molecular flexibility index (Phi) is 4.99. The SMILES string of the molecule is Cc1cc2c(=O)n3c(nc2s1)CCN(C(=O)CCCN1CCCC1=O)CC3. The first-order valence-electron chi connectivity index (χ1n) is 9.58. The van der Waals surface area contributed by atoms with E-state index in [1.54, 1.807) is 4.57 Å². The highest BCUT2D eigenvalue weighted by molar-refractivity contribution is 7.18. The predicted molar refractivity (Wildman–Crippen MR) is 104 cm³/mol. The Balaban J connectivity index is 1.39. The van der Waals surface area contributed by atoms with Gasteiger partial charge in [0.15, 0.2) is 0 Å². The first kappa shape index (κ1) is 18.2. The number of amides is 2. The largest absolute Gasteiger partial charge is 0.343 e. The average Bonchev–Trinajstić information content (AvgIpc) is 3.14. The number of aryl methyl sites for hydroxylation is 1. The number of rotatable bonds is 4. The zero-order chi connectivity index (χ0) is 19.0. The fourth-order valence-electron chi connectivity index (χ4n) is 3.94. The van der Waals surface area contributed by atoms with E-state index in [1.807, 2.05) is 22.8 Å². The summed E-state index contributed by atoms with van der Waals surface area (Å²) in [5.74, 6) is 1.07. The standard InChI is InChI=1S/C19H24N4O3S/c1-13-12-14-18(27-13)20-15-6-9-22(10-11-23(15)19(14)26)17(25)5-3-8-21-7-2-4-16(21)24/h12H,2-11H2,1H3. The molecule has 7 nitrogen and oxygen atoms in total. The third-order valence-corrected chi connectivity index (χ3v) is 6.34. The van der Waals surface area contributed by atoms with Gasteiger partial charge in [-0.25, -0.2) is 4.98 Å². The van der Waals surface area contributed by atoms with Crippen LogP contribution in [0.1, 0.15) is 36.4 Å². The van der Waals surface area contributed by atoms with Crippen molar-refractivity contribution in [2.75, 3.05) is 26.2 Å². The lowest BCUT2D eigenvalue weighted by Gasteiger charge is -2.21. The van der Waals surface area contributed by atoms with E-state index in [0.717, 1.165) is 28.5 Å². The summed E-state index contributed by atoms with van der Waals surface area (Å²) in [6, 6.07) is 1.90. The Morgan fingerprint density at radius 2 is 2.04 bits per heavy atom. The summed E-state index contributed by atoms with van der Waals surface area (Å²) in [5, 5.41) is 0.677. The molecular weight excluding hydrogens is 364 g/mol. The summed E-state index contributed by atoms with van der Waals surface area (Å²) in [6.45, 7) is 5.07. The second kappa shape index (κ2) is 7.42. The smallest absolute Gasteiger partial charge is 0.262 e. The number of hydrogen-bond donors (Lipinski definition) is 0. The lowest BCUT2D eigenvalue weighted by atomic mass is 10.2. The maximum Gasteiger partial charge on any atom is 0.262 e. The van der Waals surface area contributed by atoms with Crippen LogP contribution in [-0.4, -0.2) is 57.3 Å². The number of aromatic nitrogens is 2. The van der Waals surface area contributed by atoms with Gasteiger partial charge in [-0.1, -0.05) is 0 Å². The van der Waals surface area contributed by atoms with Crippen LogP contribution in [0.15, 0.2) is 10.9 Å². The fraction of sp³-hybridized carbons (Fsp3) is 0.579. The summed E-state index contributed by atoms with van der Waals surface area (Å²) in [7, 11) is 0. The van der Waals surface area contributed by atoms with Crippen molar-refractivity contribution in [3.05, 3.63) is 27.1 Å². The van der Waals surface area contributed by atoms with Crippen LogP contribution in [-0.2, 0) is 22.6 Å². The molecule has 1 fully saturated rings. The Labute approximate surface area is 161 Å². The molecule has 27 heavy (non-hydrogen) atoms. The first-order chi connectivity index (χ1) is 13.0. The Bertz CT molecular complexity index is 948. The molecule has 2 amide bonds. The summed E-state index contributed by atoms with van der Waals surface area (Å²) in [6.07, 6.45) is 3.30. The van der Waals surface area contributed by atoms with Gasteiger partial charge in [0, 0.05) is 56.9 Å². The third-order valence-electron chi connectivity index (χ3n) is 5.40. The molecule has 4 heterocycles. The summed E-state index contributed by atoms with van der Waals surface area (Å²) < 4.78 is 1.73. The van der Waals surface area contributed by atoms with Gasteiger partial charge in [-0.05, 0) is 25.8 Å². The minimum atomic E-state index is 0.00111. The lowest BCUT2D eigenvalue weighted by molar-refractivity contribution is -0.132. The van der Waals surface area contributed by atoms with E-state index in [1.165, 1.54) is 11.3 Å². The number of likely N-dealkylation sites (tertiary alicyclic amines) is 1. The highest BCUT2D eigenvalue weighted by Crippen LogP contribution is 2.21. The summed E-state index contributed by atoms with van der Waals surface area (Å²) in [5.41, 5.74) is 0.00111. The highest BCUT2D eigenvalue weighted by Gasteiger charge is 2.23. The van der Waals surface area contributed by atoms with Crippen molar-refractivity contribution in [2.45, 2.75) is 45.6 Å². The van der Waals surface area contributed by atoms with Gasteiger partial charge in [-0.2, -0.15) is 0 Å². The molecule has 2 aromatic rings. The second-order valence-electron chi connectivity index (χ2n) is 7.28. The van der Waals surface area contributed by atoms with Crippen molar-refractivity contribution in [2.24, 2.45) is 0 Å². The number of nitrogens with zero attached hydrogens (tertiary/aromatic N) is 4. The minimum Gasteiger partial charge on any atom is -0.343 e. The molecule has 2 aromatic heterocycles. The quantitative estimate of drug-likeness (QED) is 0.796. The van der Waals surface area contributed by atoms with E-state index in [4.69, 9.17) is 0 Å². The van der Waals surface area contributed by atoms with Gasteiger partial charge in [-0.15, -0.1) is 11.3 Å². The van der Waals surface area contributed by atoms with E-state index in [0.29, 0.717) is 57.2 Å². The molecule has 2 aliphatic heterocycles. The van der Waals surface area contributed by atoms with Crippen LogP contribution >= 0.6 is 11.3 Å². The van der Waals surface area contributed by atoms with Gasteiger partial charge in [0.05, 0.1) is 5.39 Å². The molecule has 0 aromatic carbocycles. The highest BCUT2D eigenvalue weighted by atomic mass is 32.1. The Morgan fingerprint density at radius 3 is 2.81 bits per heavy atom. The first-order valence-corrected chi connectivity index (χ1v) is 10.4. The van der Waals surface area contributed by atoms with E-state index in [2.05, 4.69) is 4.98 Å². The fourth-order valence-corrected chi connectivity index (χ4v) is 4.83. The van der Waals surface area contributed by atoms with Crippen LogP contribution in [0, 0.1) is 6.92 Å². The zero-order valence-electron chi connectivity index (χ0n) is 15.6. The van der Waals surface area contributed by atoms with E-state index >= 15 is 0 Å². The van der Waals surface area contributed by atoms with Crippen LogP contribution in [0.4, 0.5) is 0 Å². The average molecular weight is 388 g/mol. The van der Waals surface area contributed by atoms with Gasteiger partial charge in [0.2, 0.25) is 11.8 Å². The van der Waals surface area contributed by atoms with Crippen molar-refractivity contribution < 1.29 is 9.59 Å². The van der Waals surface area contributed by atoms with E-state index in [9.17, 15) is 14.4 Å². The number of thiophene rings is 1. The molecular formula is C19H24N4O3S. The van der Waals surface area contributed by atoms with Crippen molar-refractivity contribution in [1.82, 2.24) is 19.4 Å². The van der Waals surface area contributed by atoms with Crippen molar-refractivity contribution in [1.29, 1.82) is 0 Å². The maximum atomic E-state index is 12.8. The number of carbonyl (C=O) groups excluding carboxylic acids is 2. The van der Waals surface area contributed by atoms with Gasteiger partial charge in [0.1, 0.15) is 10.7 Å². The Morgan fingerprint density at radius 1 is 1.19 bits per heavy atom. The van der Waals surface area contributed by atoms with Crippen LogP contribution in [0.2, 0.25) is 0 Å². The van der Waals surface area contributed by atoms with E-state index in [-0.39, 0.29) is 17.4 Å². The summed E-state index contributed by atoms with van der Waals surface area (Å²) >= 11 is 1.54. The van der Waals surface area contributed by atoms with Crippen LogP contribution in [0.3, 0.4) is 0 Å².